The van der Waals surface area contributed by atoms with Crippen LogP contribution in [0.5, 0.6) is 0 Å². The molecule has 8 nitrogen and oxygen atoms in total. The molecule has 0 amide bonds. The van der Waals surface area contributed by atoms with Gasteiger partial charge in [-0.1, -0.05) is 42.5 Å². The Hall–Kier alpha value is -3.04. The van der Waals surface area contributed by atoms with Crippen LogP contribution in [0.25, 0.3) is 32.9 Å². The summed E-state index contributed by atoms with van der Waals surface area (Å²) in [5.41, 5.74) is 8.67. The third kappa shape index (κ3) is 3.86. The molecule has 2 aromatic carbocycles. The van der Waals surface area contributed by atoms with Crippen molar-refractivity contribution in [3.05, 3.63) is 55.0 Å². The van der Waals surface area contributed by atoms with Crippen molar-refractivity contribution in [3.63, 3.8) is 0 Å². The van der Waals surface area contributed by atoms with Crippen LogP contribution in [-0.4, -0.2) is 54.8 Å². The molecule has 4 rings (SSSR count). The number of rotatable bonds is 7. The molecule has 0 saturated heterocycles. The molecule has 0 saturated carbocycles. The zero-order valence-corrected chi connectivity index (χ0v) is 17.4. The highest BCUT2D eigenvalue weighted by Gasteiger charge is 2.27. The molecule has 0 aliphatic rings. The number of fused-ring (bicyclic) bond motifs is 2. The van der Waals surface area contributed by atoms with E-state index in [1.54, 1.807) is 11.5 Å². The third-order valence-electron chi connectivity index (χ3n) is 5.54. The molecule has 0 aliphatic carbocycles. The van der Waals surface area contributed by atoms with Gasteiger partial charge >= 0.3 is 0 Å². The van der Waals surface area contributed by atoms with Crippen molar-refractivity contribution in [1.29, 1.82) is 0 Å². The van der Waals surface area contributed by atoms with Crippen molar-refractivity contribution in [1.82, 2.24) is 14.5 Å². The lowest BCUT2D eigenvalue weighted by Gasteiger charge is -2.27. The maximum Gasteiger partial charge on any atom is 0.148 e. The van der Waals surface area contributed by atoms with Gasteiger partial charge in [-0.3, -0.25) is 0 Å². The number of hydrogen-bond donors (Lipinski definition) is 4. The summed E-state index contributed by atoms with van der Waals surface area (Å²) in [4.78, 5) is 8.59. The molecule has 0 fully saturated rings. The van der Waals surface area contributed by atoms with Gasteiger partial charge in [0.15, 0.2) is 0 Å². The molecular formula is C23H26N4O4. The summed E-state index contributed by atoms with van der Waals surface area (Å²) in [7, 11) is 0. The molecule has 31 heavy (non-hydrogen) atoms. The van der Waals surface area contributed by atoms with Crippen molar-refractivity contribution in [2.24, 2.45) is 0 Å². The monoisotopic (exact) mass is 422 g/mol. The summed E-state index contributed by atoms with van der Waals surface area (Å²) in [6.45, 7) is 2.78. The average molecular weight is 422 g/mol. The molecule has 5 N–H and O–H groups in total. The highest BCUT2D eigenvalue weighted by atomic mass is 16.5. The summed E-state index contributed by atoms with van der Waals surface area (Å²) in [6.07, 6.45) is -0.562. The van der Waals surface area contributed by atoms with Gasteiger partial charge in [0.2, 0.25) is 0 Å². The first kappa shape index (κ1) is 21.2. The minimum Gasteiger partial charge on any atom is -0.394 e. The number of aliphatic hydroxyl groups excluding tert-OH is 3. The maximum atomic E-state index is 10.2. The SMILES string of the molecule is CC(O)C(O)C(CO)OC(C)n1cc(-c2cccc3ccccc23)c2c(N)ncnc21. The predicted octanol–water partition coefficient (Wildman–Crippen LogP) is 2.47. The molecule has 4 atom stereocenters. The summed E-state index contributed by atoms with van der Waals surface area (Å²) >= 11 is 0. The Balaban J connectivity index is 1.84. The number of hydrogen-bond acceptors (Lipinski definition) is 7. The Morgan fingerprint density at radius 3 is 2.52 bits per heavy atom. The molecule has 2 aromatic heterocycles. The average Bonchev–Trinajstić information content (AvgIpc) is 3.17. The lowest BCUT2D eigenvalue weighted by Crippen LogP contribution is -2.41. The smallest absolute Gasteiger partial charge is 0.148 e. The van der Waals surface area contributed by atoms with Crippen LogP contribution < -0.4 is 5.73 Å². The fourth-order valence-corrected chi connectivity index (χ4v) is 3.91. The van der Waals surface area contributed by atoms with Gasteiger partial charge in [-0.2, -0.15) is 0 Å². The molecule has 0 spiro atoms. The predicted molar refractivity (Wildman–Crippen MR) is 119 cm³/mol. The molecule has 162 valence electrons. The van der Waals surface area contributed by atoms with Gasteiger partial charge in [-0.25, -0.2) is 9.97 Å². The van der Waals surface area contributed by atoms with Gasteiger partial charge in [0.05, 0.1) is 18.1 Å². The number of benzene rings is 2. The Kier molecular flexibility index (Phi) is 5.88. The molecule has 8 heteroatoms. The van der Waals surface area contributed by atoms with Crippen LogP contribution in [0, 0.1) is 0 Å². The largest absolute Gasteiger partial charge is 0.394 e. The van der Waals surface area contributed by atoms with Gasteiger partial charge in [0.1, 0.15) is 36.2 Å². The standard InChI is InChI=1S/C23H26N4O4/c1-13(29)21(30)19(11-28)31-14(2)27-10-18(20-22(24)25-12-26-23(20)27)17-9-5-7-15-6-3-4-8-16(15)17/h3-10,12-14,19,21,28-30H,11H2,1-2H3,(H2,24,25,26). The van der Waals surface area contributed by atoms with Crippen LogP contribution in [0.4, 0.5) is 5.82 Å². The Morgan fingerprint density at radius 1 is 1.03 bits per heavy atom. The van der Waals surface area contributed by atoms with E-state index in [1.807, 2.05) is 42.6 Å². The number of anilines is 1. The minimum absolute atomic E-state index is 0.349. The first-order valence-corrected chi connectivity index (χ1v) is 10.1. The van der Waals surface area contributed by atoms with Crippen LogP contribution in [0.1, 0.15) is 20.1 Å². The zero-order chi connectivity index (χ0) is 22.1. The summed E-state index contributed by atoms with van der Waals surface area (Å²) in [5.74, 6) is 0.349. The highest BCUT2D eigenvalue weighted by Crippen LogP contribution is 2.38. The number of aliphatic hydroxyl groups is 3. The molecule has 4 aromatic rings. The summed E-state index contributed by atoms with van der Waals surface area (Å²) < 4.78 is 7.69. The van der Waals surface area contributed by atoms with E-state index < -0.39 is 31.1 Å². The van der Waals surface area contributed by atoms with E-state index in [0.717, 1.165) is 21.9 Å². The maximum absolute atomic E-state index is 10.2. The number of ether oxygens (including phenoxy) is 1. The quantitative estimate of drug-likeness (QED) is 0.360. The molecule has 0 radical (unpaired) electrons. The highest BCUT2D eigenvalue weighted by molar-refractivity contribution is 6.07. The number of nitrogens with zero attached hydrogens (tertiary/aromatic N) is 3. The fourth-order valence-electron chi connectivity index (χ4n) is 3.91. The van der Waals surface area contributed by atoms with Crippen LogP contribution in [-0.2, 0) is 4.74 Å². The van der Waals surface area contributed by atoms with Gasteiger partial charge in [0, 0.05) is 11.8 Å². The van der Waals surface area contributed by atoms with E-state index in [0.29, 0.717) is 16.9 Å². The summed E-state index contributed by atoms with van der Waals surface area (Å²) in [6, 6.07) is 14.1. The van der Waals surface area contributed by atoms with Gasteiger partial charge in [0.25, 0.3) is 0 Å². The minimum atomic E-state index is -1.23. The first-order chi connectivity index (χ1) is 14.9. The zero-order valence-electron chi connectivity index (χ0n) is 17.4. The van der Waals surface area contributed by atoms with Crippen molar-refractivity contribution < 1.29 is 20.1 Å². The van der Waals surface area contributed by atoms with Crippen molar-refractivity contribution in [3.8, 4) is 11.1 Å². The Labute approximate surface area is 179 Å². The molecule has 2 heterocycles. The lowest BCUT2D eigenvalue weighted by molar-refractivity contribution is -0.140. The van der Waals surface area contributed by atoms with E-state index in [1.165, 1.54) is 13.3 Å². The third-order valence-corrected chi connectivity index (χ3v) is 5.54. The van der Waals surface area contributed by atoms with Crippen LogP contribution >= 0.6 is 0 Å². The second-order valence-corrected chi connectivity index (χ2v) is 7.62. The van der Waals surface area contributed by atoms with Crippen molar-refractivity contribution in [2.75, 3.05) is 12.3 Å². The Morgan fingerprint density at radius 2 is 1.77 bits per heavy atom. The molecular weight excluding hydrogens is 396 g/mol. The van der Waals surface area contributed by atoms with Crippen LogP contribution in [0.15, 0.2) is 55.0 Å². The topological polar surface area (TPSA) is 127 Å². The van der Waals surface area contributed by atoms with Crippen LogP contribution in [0.2, 0.25) is 0 Å². The lowest BCUT2D eigenvalue weighted by atomic mass is 9.98. The van der Waals surface area contributed by atoms with E-state index in [9.17, 15) is 15.3 Å². The van der Waals surface area contributed by atoms with Crippen LogP contribution in [0.3, 0.4) is 0 Å². The van der Waals surface area contributed by atoms with Gasteiger partial charge in [-0.15, -0.1) is 0 Å². The number of nitrogen functional groups attached to an aromatic ring is 1. The van der Waals surface area contributed by atoms with E-state index >= 15 is 0 Å². The molecule has 0 bridgehead atoms. The normalized spacial score (nSPS) is 15.8. The molecule has 0 aliphatic heterocycles. The fraction of sp³-hybridized carbons (Fsp3) is 0.304. The van der Waals surface area contributed by atoms with E-state index in [-0.39, 0.29) is 0 Å². The van der Waals surface area contributed by atoms with Gasteiger partial charge in [-0.05, 0) is 30.2 Å². The van der Waals surface area contributed by atoms with Crippen molar-refractivity contribution >= 4 is 27.6 Å². The van der Waals surface area contributed by atoms with Gasteiger partial charge < -0.3 is 30.4 Å². The second kappa shape index (κ2) is 8.60. The van der Waals surface area contributed by atoms with Crippen molar-refractivity contribution in [2.45, 2.75) is 38.4 Å². The molecule has 4 unspecified atom stereocenters. The summed E-state index contributed by atoms with van der Waals surface area (Å²) in [5, 5.41) is 32.3. The first-order valence-electron chi connectivity index (χ1n) is 10.1. The van der Waals surface area contributed by atoms with E-state index in [4.69, 9.17) is 10.5 Å². The second-order valence-electron chi connectivity index (χ2n) is 7.62. The number of aromatic nitrogens is 3. The Bertz CT molecular complexity index is 1200. The van der Waals surface area contributed by atoms with E-state index in [2.05, 4.69) is 16.0 Å². The number of nitrogens with two attached hydrogens (primary N) is 1.